The summed E-state index contributed by atoms with van der Waals surface area (Å²) < 4.78 is 3.42. The summed E-state index contributed by atoms with van der Waals surface area (Å²) in [5, 5.41) is 5.75. The van der Waals surface area contributed by atoms with E-state index in [1.165, 1.54) is 0 Å². The Morgan fingerprint density at radius 1 is 1.29 bits per heavy atom. The molecule has 0 aliphatic heterocycles. The zero-order valence-corrected chi connectivity index (χ0v) is 8.95. The van der Waals surface area contributed by atoms with Crippen LogP contribution >= 0.6 is 0 Å². The molecule has 17 heavy (non-hydrogen) atoms. The molecule has 6 heteroatoms. The van der Waals surface area contributed by atoms with Crippen LogP contribution in [0.3, 0.4) is 0 Å². The first-order chi connectivity index (χ1) is 8.24. The van der Waals surface area contributed by atoms with Crippen LogP contribution in [0.4, 0.5) is 0 Å². The quantitative estimate of drug-likeness (QED) is 0.517. The predicted molar refractivity (Wildman–Crippen MR) is 62.2 cm³/mol. The van der Waals surface area contributed by atoms with Crippen molar-refractivity contribution in [1.82, 2.24) is 24.1 Å². The van der Waals surface area contributed by atoms with Crippen molar-refractivity contribution in [2.75, 3.05) is 0 Å². The highest BCUT2D eigenvalue weighted by molar-refractivity contribution is 5.77. The highest BCUT2D eigenvalue weighted by Gasteiger charge is 2.15. The SMILES string of the molecule is Cn1cc2c(=O)nc3nc4c(n3c2n1)=CC=C4. The van der Waals surface area contributed by atoms with E-state index in [1.54, 1.807) is 17.9 Å². The minimum absolute atomic E-state index is 0.284. The van der Waals surface area contributed by atoms with Gasteiger partial charge in [0.05, 0.1) is 11.0 Å². The van der Waals surface area contributed by atoms with Gasteiger partial charge < -0.3 is 0 Å². The van der Waals surface area contributed by atoms with E-state index in [9.17, 15) is 4.79 Å². The van der Waals surface area contributed by atoms with Crippen molar-refractivity contribution in [3.8, 4) is 0 Å². The Labute approximate surface area is 94.5 Å². The van der Waals surface area contributed by atoms with Crippen LogP contribution in [0.5, 0.6) is 0 Å². The minimum atomic E-state index is -0.284. The van der Waals surface area contributed by atoms with E-state index in [2.05, 4.69) is 15.1 Å². The molecule has 6 nitrogen and oxygen atoms in total. The lowest BCUT2D eigenvalue weighted by Gasteiger charge is -1.92. The maximum Gasteiger partial charge on any atom is 0.285 e. The third kappa shape index (κ3) is 0.944. The lowest BCUT2D eigenvalue weighted by molar-refractivity contribution is 0.773. The van der Waals surface area contributed by atoms with Crippen molar-refractivity contribution in [3.63, 3.8) is 0 Å². The number of fused-ring (bicyclic) bond motifs is 5. The maximum absolute atomic E-state index is 11.8. The number of hydrogen-bond donors (Lipinski definition) is 0. The zero-order valence-electron chi connectivity index (χ0n) is 8.95. The van der Waals surface area contributed by atoms with Crippen molar-refractivity contribution in [1.29, 1.82) is 0 Å². The van der Waals surface area contributed by atoms with Gasteiger partial charge in [-0.25, -0.2) is 4.98 Å². The summed E-state index contributed by atoms with van der Waals surface area (Å²) in [6.45, 7) is 0. The smallest absolute Gasteiger partial charge is 0.273 e. The van der Waals surface area contributed by atoms with Gasteiger partial charge in [-0.2, -0.15) is 10.1 Å². The van der Waals surface area contributed by atoms with E-state index < -0.39 is 0 Å². The van der Waals surface area contributed by atoms with Gasteiger partial charge in [-0.15, -0.1) is 0 Å². The van der Waals surface area contributed by atoms with Crippen LogP contribution in [0.2, 0.25) is 0 Å². The van der Waals surface area contributed by atoms with E-state index in [4.69, 9.17) is 0 Å². The van der Waals surface area contributed by atoms with Crippen LogP contribution in [0.15, 0.2) is 17.1 Å². The molecule has 1 aliphatic rings. The van der Waals surface area contributed by atoms with Gasteiger partial charge in [0, 0.05) is 13.2 Å². The van der Waals surface area contributed by atoms with Crippen LogP contribution in [-0.2, 0) is 7.05 Å². The molecule has 0 aromatic carbocycles. The second-order valence-corrected chi connectivity index (χ2v) is 4.00. The Balaban J connectivity index is 2.42. The number of aromatic nitrogens is 5. The molecule has 0 saturated carbocycles. The molecule has 0 amide bonds. The van der Waals surface area contributed by atoms with Crippen LogP contribution < -0.4 is 10.9 Å². The lowest BCUT2D eigenvalue weighted by Crippen LogP contribution is -2.15. The molecule has 0 bridgehead atoms. The Bertz CT molecular complexity index is 915. The van der Waals surface area contributed by atoms with Crippen LogP contribution in [0.1, 0.15) is 5.69 Å². The van der Waals surface area contributed by atoms with Crippen molar-refractivity contribution >= 4 is 29.0 Å². The second-order valence-electron chi connectivity index (χ2n) is 4.00. The van der Waals surface area contributed by atoms with Crippen molar-refractivity contribution in [2.45, 2.75) is 0 Å². The molecule has 0 radical (unpaired) electrons. The summed E-state index contributed by atoms with van der Waals surface area (Å²) in [6.07, 6.45) is 7.43. The van der Waals surface area contributed by atoms with E-state index in [1.807, 2.05) is 22.6 Å². The highest BCUT2D eigenvalue weighted by Crippen LogP contribution is 2.09. The summed E-state index contributed by atoms with van der Waals surface area (Å²) >= 11 is 0. The Morgan fingerprint density at radius 3 is 3.06 bits per heavy atom. The summed E-state index contributed by atoms with van der Waals surface area (Å²) in [6, 6.07) is 0. The van der Waals surface area contributed by atoms with E-state index in [-0.39, 0.29) is 5.56 Å². The minimum Gasteiger partial charge on any atom is -0.273 e. The number of rotatable bonds is 0. The molecule has 3 aromatic rings. The lowest BCUT2D eigenvalue weighted by atomic mass is 10.4. The largest absolute Gasteiger partial charge is 0.285 e. The molecule has 0 saturated heterocycles. The standard InChI is InChI=1S/C11H7N5O/c1-15-5-6-9(14-15)16-8-4-2-3-7(8)12-11(16)13-10(6)17/h2-5H,1H3. The summed E-state index contributed by atoms with van der Waals surface area (Å²) in [4.78, 5) is 20.1. The molecule has 82 valence electrons. The first-order valence-corrected chi connectivity index (χ1v) is 5.18. The molecule has 0 unspecified atom stereocenters. The maximum atomic E-state index is 11.8. The van der Waals surface area contributed by atoms with E-state index in [0.717, 1.165) is 11.0 Å². The fraction of sp³-hybridized carbons (Fsp3) is 0.0909. The number of imidazole rings is 1. The molecule has 4 rings (SSSR count). The molecular formula is C11H7N5O. The number of aryl methyl sites for hydroxylation is 1. The Hall–Kier alpha value is -2.50. The molecule has 0 spiro atoms. The second kappa shape index (κ2) is 2.60. The van der Waals surface area contributed by atoms with E-state index in [0.29, 0.717) is 16.8 Å². The van der Waals surface area contributed by atoms with Gasteiger partial charge >= 0.3 is 0 Å². The van der Waals surface area contributed by atoms with Crippen LogP contribution in [-0.4, -0.2) is 24.1 Å². The molecular weight excluding hydrogens is 218 g/mol. The average molecular weight is 225 g/mol. The van der Waals surface area contributed by atoms with Crippen molar-refractivity contribution in [2.24, 2.45) is 7.05 Å². The molecule has 0 fully saturated rings. The van der Waals surface area contributed by atoms with Gasteiger partial charge in [-0.3, -0.25) is 13.9 Å². The van der Waals surface area contributed by atoms with Gasteiger partial charge in [-0.05, 0) is 12.2 Å². The topological polar surface area (TPSA) is 65.1 Å². The average Bonchev–Trinajstić information content (AvgIpc) is 2.90. The summed E-state index contributed by atoms with van der Waals surface area (Å²) in [5.74, 6) is 0.409. The number of allylic oxidation sites excluding steroid dienone is 1. The van der Waals surface area contributed by atoms with Crippen molar-refractivity contribution < 1.29 is 0 Å². The third-order valence-electron chi connectivity index (χ3n) is 2.89. The summed E-state index contributed by atoms with van der Waals surface area (Å²) in [7, 11) is 1.78. The zero-order chi connectivity index (χ0) is 11.6. The normalized spacial score (nSPS) is 13.5. The fourth-order valence-corrected chi connectivity index (χ4v) is 2.18. The number of nitrogens with zero attached hydrogens (tertiary/aromatic N) is 5. The van der Waals surface area contributed by atoms with Gasteiger partial charge in [-0.1, -0.05) is 6.08 Å². The first kappa shape index (κ1) is 8.63. The monoisotopic (exact) mass is 225 g/mol. The third-order valence-corrected chi connectivity index (χ3v) is 2.89. The van der Waals surface area contributed by atoms with Gasteiger partial charge in [0.15, 0.2) is 5.65 Å². The van der Waals surface area contributed by atoms with Crippen molar-refractivity contribution in [3.05, 3.63) is 33.7 Å². The van der Waals surface area contributed by atoms with Gasteiger partial charge in [0.1, 0.15) is 5.39 Å². The van der Waals surface area contributed by atoms with Crippen LogP contribution in [0, 0.1) is 0 Å². The van der Waals surface area contributed by atoms with Gasteiger partial charge in [0.2, 0.25) is 5.78 Å². The first-order valence-electron chi connectivity index (χ1n) is 5.18. The molecule has 3 heterocycles. The molecule has 0 atom stereocenters. The summed E-state index contributed by atoms with van der Waals surface area (Å²) in [5.41, 5.74) is 1.15. The highest BCUT2D eigenvalue weighted by atomic mass is 16.1. The van der Waals surface area contributed by atoms with Gasteiger partial charge in [0.25, 0.3) is 5.56 Å². The molecule has 1 aliphatic carbocycles. The predicted octanol–water partition coefficient (Wildman–Crippen LogP) is -0.498. The number of hydrogen-bond acceptors (Lipinski definition) is 4. The Morgan fingerprint density at radius 2 is 2.18 bits per heavy atom. The Kier molecular flexibility index (Phi) is 1.32. The molecule has 0 N–H and O–H groups in total. The van der Waals surface area contributed by atoms with Crippen LogP contribution in [0.25, 0.3) is 29.0 Å². The molecule has 3 aromatic heterocycles. The fourth-order valence-electron chi connectivity index (χ4n) is 2.18. The van der Waals surface area contributed by atoms with E-state index >= 15 is 0 Å².